The van der Waals surface area contributed by atoms with Gasteiger partial charge in [-0.05, 0) is 18.4 Å². The topological polar surface area (TPSA) is 17.8 Å². The molecule has 0 aliphatic heterocycles. The molecule has 2 aromatic heterocycles. The van der Waals surface area contributed by atoms with Crippen molar-refractivity contribution in [3.8, 4) is 11.3 Å². The van der Waals surface area contributed by atoms with Gasteiger partial charge < -0.3 is 4.57 Å². The number of fused-ring (bicyclic) bond motifs is 3. The fourth-order valence-electron chi connectivity index (χ4n) is 3.01. The van der Waals surface area contributed by atoms with E-state index in [9.17, 15) is 0 Å². The van der Waals surface area contributed by atoms with Crippen LogP contribution < -0.4 is 0 Å². The summed E-state index contributed by atoms with van der Waals surface area (Å²) >= 11 is 1.78. The second-order valence-electron chi connectivity index (χ2n) is 5.35. The Bertz CT molecular complexity index is 971. The predicted octanol–water partition coefficient (Wildman–Crippen LogP) is 5.12. The molecule has 0 fully saturated rings. The van der Waals surface area contributed by atoms with Crippen LogP contribution in [0, 0.1) is 0 Å². The van der Waals surface area contributed by atoms with Crippen LogP contribution in [0.4, 0.5) is 0 Å². The van der Waals surface area contributed by atoms with Crippen LogP contribution in [-0.2, 0) is 7.05 Å². The van der Waals surface area contributed by atoms with E-state index in [0.29, 0.717) is 0 Å². The fraction of sp³-hybridized carbons (Fsp3) is 0.105. The Morgan fingerprint density at radius 1 is 0.955 bits per heavy atom. The van der Waals surface area contributed by atoms with Gasteiger partial charge in [0.25, 0.3) is 0 Å². The summed E-state index contributed by atoms with van der Waals surface area (Å²) in [7, 11) is 2.09. The van der Waals surface area contributed by atoms with Crippen LogP contribution in [0.1, 0.15) is 0 Å². The molecule has 0 amide bonds. The summed E-state index contributed by atoms with van der Waals surface area (Å²) in [5.74, 6) is 0. The average molecular weight is 304 g/mol. The van der Waals surface area contributed by atoms with Crippen molar-refractivity contribution in [3.05, 3.63) is 60.7 Å². The minimum Gasteiger partial charge on any atom is -0.328 e. The third-order valence-electron chi connectivity index (χ3n) is 4.11. The maximum Gasteiger partial charge on any atom is 0.142 e. The van der Waals surface area contributed by atoms with Crippen LogP contribution in [0.5, 0.6) is 0 Å². The molecule has 22 heavy (non-hydrogen) atoms. The highest BCUT2D eigenvalue weighted by molar-refractivity contribution is 7.98. The van der Waals surface area contributed by atoms with Crippen molar-refractivity contribution in [2.45, 2.75) is 4.90 Å². The number of aryl methyl sites for hydroxylation is 1. The lowest BCUT2D eigenvalue weighted by Crippen LogP contribution is -1.92. The van der Waals surface area contributed by atoms with Gasteiger partial charge in [-0.2, -0.15) is 0 Å². The minimum absolute atomic E-state index is 1.03. The Balaban J connectivity index is 2.12. The summed E-state index contributed by atoms with van der Waals surface area (Å²) in [6, 6.07) is 21.1. The monoisotopic (exact) mass is 304 g/mol. The van der Waals surface area contributed by atoms with E-state index in [1.54, 1.807) is 11.8 Å². The zero-order valence-corrected chi connectivity index (χ0v) is 13.4. The van der Waals surface area contributed by atoms with Crippen LogP contribution in [0.3, 0.4) is 0 Å². The highest BCUT2D eigenvalue weighted by atomic mass is 32.2. The van der Waals surface area contributed by atoms with Crippen molar-refractivity contribution in [3.63, 3.8) is 0 Å². The molecule has 2 nitrogen and oxygen atoms in total. The van der Waals surface area contributed by atoms with Gasteiger partial charge in [0.2, 0.25) is 0 Å². The number of rotatable bonds is 2. The first-order chi connectivity index (χ1) is 10.8. The minimum atomic E-state index is 1.03. The van der Waals surface area contributed by atoms with Gasteiger partial charge in [-0.1, -0.05) is 48.5 Å². The van der Waals surface area contributed by atoms with E-state index in [1.807, 2.05) is 6.07 Å². The largest absolute Gasteiger partial charge is 0.328 e. The van der Waals surface area contributed by atoms with Gasteiger partial charge in [0.05, 0.1) is 11.2 Å². The standard InChI is InChI=1S/C19H16N2S/c1-21-16-11-7-6-10-14(16)18-17(22-2)12-15(20-19(18)21)13-8-4-3-5-9-13/h3-12H,1-2H3. The van der Waals surface area contributed by atoms with E-state index < -0.39 is 0 Å². The second-order valence-corrected chi connectivity index (χ2v) is 6.20. The molecule has 0 saturated heterocycles. The number of pyridine rings is 1. The zero-order chi connectivity index (χ0) is 15.1. The van der Waals surface area contributed by atoms with Crippen LogP contribution in [-0.4, -0.2) is 15.8 Å². The number of thioether (sulfide) groups is 1. The van der Waals surface area contributed by atoms with E-state index in [2.05, 4.69) is 72.5 Å². The predicted molar refractivity (Wildman–Crippen MR) is 95.4 cm³/mol. The molecule has 0 atom stereocenters. The molecule has 4 rings (SSSR count). The van der Waals surface area contributed by atoms with Crippen molar-refractivity contribution >= 4 is 33.7 Å². The van der Waals surface area contributed by atoms with Crippen LogP contribution in [0.15, 0.2) is 65.6 Å². The summed E-state index contributed by atoms with van der Waals surface area (Å²) in [4.78, 5) is 6.22. The Morgan fingerprint density at radius 2 is 1.68 bits per heavy atom. The quantitative estimate of drug-likeness (QED) is 0.479. The van der Waals surface area contributed by atoms with E-state index in [0.717, 1.165) is 16.9 Å². The zero-order valence-electron chi connectivity index (χ0n) is 12.6. The molecule has 4 aromatic rings. The SMILES string of the molecule is CSc1cc(-c2ccccc2)nc2c1c1ccccc1n2C. The smallest absolute Gasteiger partial charge is 0.142 e. The third kappa shape index (κ3) is 1.93. The van der Waals surface area contributed by atoms with Gasteiger partial charge >= 0.3 is 0 Å². The first-order valence-corrected chi connectivity index (χ1v) is 8.49. The highest BCUT2D eigenvalue weighted by Crippen LogP contribution is 2.36. The number of hydrogen-bond acceptors (Lipinski definition) is 2. The Morgan fingerprint density at radius 3 is 2.45 bits per heavy atom. The molecule has 0 radical (unpaired) electrons. The summed E-state index contributed by atoms with van der Waals surface area (Å²) in [6.45, 7) is 0. The Kier molecular flexibility index (Phi) is 3.16. The third-order valence-corrected chi connectivity index (χ3v) is 4.87. The normalized spacial score (nSPS) is 11.4. The molecule has 0 unspecified atom stereocenters. The van der Waals surface area contributed by atoms with Gasteiger partial charge in [0, 0.05) is 28.3 Å². The lowest BCUT2D eigenvalue weighted by molar-refractivity contribution is 0.989. The number of nitrogens with zero attached hydrogens (tertiary/aromatic N) is 2. The van der Waals surface area contributed by atoms with Crippen molar-refractivity contribution in [2.75, 3.05) is 6.26 Å². The summed E-state index contributed by atoms with van der Waals surface area (Å²) in [5, 5.41) is 2.53. The van der Waals surface area contributed by atoms with Gasteiger partial charge in [0.1, 0.15) is 5.65 Å². The first kappa shape index (κ1) is 13.4. The molecule has 0 aliphatic rings. The van der Waals surface area contributed by atoms with E-state index >= 15 is 0 Å². The van der Waals surface area contributed by atoms with Crippen LogP contribution in [0.25, 0.3) is 33.2 Å². The van der Waals surface area contributed by atoms with Crippen molar-refractivity contribution in [1.29, 1.82) is 0 Å². The summed E-state index contributed by atoms with van der Waals surface area (Å²) in [6.07, 6.45) is 2.13. The van der Waals surface area contributed by atoms with Crippen molar-refractivity contribution in [2.24, 2.45) is 7.05 Å². The van der Waals surface area contributed by atoms with E-state index in [4.69, 9.17) is 4.98 Å². The number of benzene rings is 2. The molecule has 0 spiro atoms. The van der Waals surface area contributed by atoms with E-state index in [-0.39, 0.29) is 0 Å². The molecule has 0 aliphatic carbocycles. The molecule has 0 saturated carbocycles. The summed E-state index contributed by atoms with van der Waals surface area (Å²) in [5.41, 5.74) is 4.46. The average Bonchev–Trinajstić information content (AvgIpc) is 2.88. The molecule has 2 aromatic carbocycles. The molecule has 108 valence electrons. The lowest BCUT2D eigenvalue weighted by atomic mass is 10.1. The second kappa shape index (κ2) is 5.18. The van der Waals surface area contributed by atoms with Crippen molar-refractivity contribution in [1.82, 2.24) is 9.55 Å². The Hall–Kier alpha value is -2.26. The molecular formula is C19H16N2S. The first-order valence-electron chi connectivity index (χ1n) is 7.27. The number of para-hydroxylation sites is 1. The van der Waals surface area contributed by atoms with Crippen molar-refractivity contribution < 1.29 is 0 Å². The fourth-order valence-corrected chi connectivity index (χ4v) is 3.65. The van der Waals surface area contributed by atoms with Gasteiger partial charge in [-0.3, -0.25) is 0 Å². The molecule has 0 bridgehead atoms. The van der Waals surface area contributed by atoms with Crippen LogP contribution in [0.2, 0.25) is 0 Å². The molecule has 3 heteroatoms. The number of aromatic nitrogens is 2. The molecular weight excluding hydrogens is 288 g/mol. The lowest BCUT2D eigenvalue weighted by Gasteiger charge is -2.06. The summed E-state index contributed by atoms with van der Waals surface area (Å²) < 4.78 is 2.19. The molecule has 2 heterocycles. The van der Waals surface area contributed by atoms with Crippen LogP contribution >= 0.6 is 11.8 Å². The van der Waals surface area contributed by atoms with E-state index in [1.165, 1.54) is 21.2 Å². The van der Waals surface area contributed by atoms with Gasteiger partial charge in [0.15, 0.2) is 0 Å². The van der Waals surface area contributed by atoms with Gasteiger partial charge in [-0.25, -0.2) is 4.98 Å². The number of hydrogen-bond donors (Lipinski definition) is 0. The maximum atomic E-state index is 4.94. The highest BCUT2D eigenvalue weighted by Gasteiger charge is 2.14. The Labute approximate surface area is 133 Å². The maximum absolute atomic E-state index is 4.94. The molecule has 0 N–H and O–H groups in total. The van der Waals surface area contributed by atoms with Gasteiger partial charge in [-0.15, -0.1) is 11.8 Å².